The summed E-state index contributed by atoms with van der Waals surface area (Å²) in [4.78, 5) is 19.2. The van der Waals surface area contributed by atoms with Crippen LogP contribution < -0.4 is 20.7 Å². The molecule has 2 aromatic rings. The summed E-state index contributed by atoms with van der Waals surface area (Å²) in [6, 6.07) is 18.6. The summed E-state index contributed by atoms with van der Waals surface area (Å²) in [7, 11) is 1.64. The van der Waals surface area contributed by atoms with Gasteiger partial charge in [0.15, 0.2) is 5.96 Å². The van der Waals surface area contributed by atoms with Crippen molar-refractivity contribution in [1.82, 2.24) is 20.9 Å². The van der Waals surface area contributed by atoms with Crippen molar-refractivity contribution in [3.05, 3.63) is 65.7 Å². The van der Waals surface area contributed by atoms with Gasteiger partial charge in [-0.15, -0.1) is 24.0 Å². The molecule has 0 unspecified atom stereocenters. The Kier molecular flexibility index (Phi) is 12.0. The molecule has 1 amide bonds. The van der Waals surface area contributed by atoms with Crippen molar-refractivity contribution in [1.29, 1.82) is 0 Å². The van der Waals surface area contributed by atoms with Crippen molar-refractivity contribution in [2.24, 2.45) is 4.99 Å². The number of aliphatic imine (C=N–C) groups is 1. The standard InChI is InChI=1S/C25H35N5O2.HI/c1-3-26-25(28-18-24(31)27-17-20-9-11-23(32-2)12-10-20)29-22-13-15-30(16-14-22)19-21-7-5-4-6-8-21;/h4-12,22H,3,13-19H2,1-2H3,(H,27,31)(H2,26,28,29);1H. The van der Waals surface area contributed by atoms with Gasteiger partial charge >= 0.3 is 0 Å². The number of likely N-dealkylation sites (tertiary alicyclic amines) is 1. The van der Waals surface area contributed by atoms with E-state index in [0.717, 1.165) is 50.3 Å². The van der Waals surface area contributed by atoms with Gasteiger partial charge in [-0.1, -0.05) is 42.5 Å². The molecule has 0 radical (unpaired) electrons. The molecule has 33 heavy (non-hydrogen) atoms. The number of nitrogens with one attached hydrogen (secondary N) is 3. The average molecular weight is 566 g/mol. The average Bonchev–Trinajstić information content (AvgIpc) is 2.83. The Hall–Kier alpha value is -2.33. The van der Waals surface area contributed by atoms with Crippen LogP contribution in [0.3, 0.4) is 0 Å². The number of hydrogen-bond donors (Lipinski definition) is 3. The fraction of sp³-hybridized carbons (Fsp3) is 0.440. The molecule has 0 spiro atoms. The van der Waals surface area contributed by atoms with Gasteiger partial charge in [0.05, 0.1) is 7.11 Å². The summed E-state index contributed by atoms with van der Waals surface area (Å²) < 4.78 is 5.16. The van der Waals surface area contributed by atoms with E-state index in [1.807, 2.05) is 31.2 Å². The highest BCUT2D eigenvalue weighted by Crippen LogP contribution is 2.14. The lowest BCUT2D eigenvalue weighted by Crippen LogP contribution is -2.48. The van der Waals surface area contributed by atoms with Crippen LogP contribution in [0.4, 0.5) is 0 Å². The quantitative estimate of drug-likeness (QED) is 0.248. The van der Waals surface area contributed by atoms with E-state index in [-0.39, 0.29) is 36.4 Å². The van der Waals surface area contributed by atoms with Crippen LogP contribution in [0.2, 0.25) is 0 Å². The Morgan fingerprint density at radius 2 is 1.73 bits per heavy atom. The smallest absolute Gasteiger partial charge is 0.242 e. The Morgan fingerprint density at radius 3 is 2.36 bits per heavy atom. The largest absolute Gasteiger partial charge is 0.497 e. The molecule has 180 valence electrons. The van der Waals surface area contributed by atoms with Crippen LogP contribution in [0.25, 0.3) is 0 Å². The minimum absolute atomic E-state index is 0. The Bertz CT molecular complexity index is 853. The van der Waals surface area contributed by atoms with E-state index in [9.17, 15) is 4.79 Å². The van der Waals surface area contributed by atoms with Gasteiger partial charge in [-0.3, -0.25) is 9.69 Å². The maximum absolute atomic E-state index is 12.3. The Morgan fingerprint density at radius 1 is 1.03 bits per heavy atom. The second-order valence-corrected chi connectivity index (χ2v) is 8.00. The van der Waals surface area contributed by atoms with Gasteiger partial charge in [0, 0.05) is 38.8 Å². The summed E-state index contributed by atoms with van der Waals surface area (Å²) in [5.41, 5.74) is 2.38. The second-order valence-electron chi connectivity index (χ2n) is 8.00. The summed E-state index contributed by atoms with van der Waals surface area (Å²) in [6.45, 7) is 6.45. The van der Waals surface area contributed by atoms with Gasteiger partial charge in [-0.05, 0) is 43.0 Å². The van der Waals surface area contributed by atoms with Gasteiger partial charge < -0.3 is 20.7 Å². The molecule has 1 fully saturated rings. The number of amides is 1. The number of carbonyl (C=O) groups is 1. The molecule has 0 bridgehead atoms. The molecule has 1 saturated heterocycles. The zero-order chi connectivity index (χ0) is 22.6. The maximum atomic E-state index is 12.3. The van der Waals surface area contributed by atoms with E-state index >= 15 is 0 Å². The highest BCUT2D eigenvalue weighted by atomic mass is 127. The van der Waals surface area contributed by atoms with Crippen LogP contribution in [-0.2, 0) is 17.9 Å². The molecule has 3 rings (SSSR count). The number of piperidine rings is 1. The van der Waals surface area contributed by atoms with Crippen molar-refractivity contribution in [2.45, 2.75) is 38.9 Å². The number of carbonyl (C=O) groups excluding carboxylic acids is 1. The lowest BCUT2D eigenvalue weighted by molar-refractivity contribution is -0.119. The van der Waals surface area contributed by atoms with E-state index in [0.29, 0.717) is 18.5 Å². The van der Waals surface area contributed by atoms with Gasteiger partial charge in [-0.2, -0.15) is 0 Å². The molecule has 0 aromatic heterocycles. The van der Waals surface area contributed by atoms with Crippen molar-refractivity contribution < 1.29 is 9.53 Å². The predicted molar refractivity (Wildman–Crippen MR) is 144 cm³/mol. The zero-order valence-electron chi connectivity index (χ0n) is 19.5. The second kappa shape index (κ2) is 14.7. The summed E-state index contributed by atoms with van der Waals surface area (Å²) >= 11 is 0. The van der Waals surface area contributed by atoms with Crippen LogP contribution >= 0.6 is 24.0 Å². The number of halogens is 1. The number of methoxy groups -OCH3 is 1. The summed E-state index contributed by atoms with van der Waals surface area (Å²) in [5.74, 6) is 1.40. The van der Waals surface area contributed by atoms with Gasteiger partial charge in [0.25, 0.3) is 0 Å². The van der Waals surface area contributed by atoms with Crippen LogP contribution in [0.5, 0.6) is 5.75 Å². The number of nitrogens with zero attached hydrogens (tertiary/aromatic N) is 2. The molecule has 1 heterocycles. The van der Waals surface area contributed by atoms with Crippen molar-refractivity contribution in [3.8, 4) is 5.75 Å². The molecule has 3 N–H and O–H groups in total. The number of ether oxygens (including phenoxy) is 1. The van der Waals surface area contributed by atoms with Gasteiger partial charge in [-0.25, -0.2) is 4.99 Å². The number of benzene rings is 2. The molecule has 0 atom stereocenters. The van der Waals surface area contributed by atoms with E-state index < -0.39 is 0 Å². The molecule has 0 aliphatic carbocycles. The molecule has 2 aromatic carbocycles. The Labute approximate surface area is 214 Å². The van der Waals surface area contributed by atoms with E-state index in [4.69, 9.17) is 4.74 Å². The first-order valence-corrected chi connectivity index (χ1v) is 11.4. The third kappa shape index (κ3) is 9.59. The minimum Gasteiger partial charge on any atom is -0.497 e. The SMILES string of the molecule is CCNC(=NCC(=O)NCc1ccc(OC)cc1)NC1CCN(Cc2ccccc2)CC1.I. The lowest BCUT2D eigenvalue weighted by Gasteiger charge is -2.33. The first-order chi connectivity index (χ1) is 15.7. The summed E-state index contributed by atoms with van der Waals surface area (Å²) in [5, 5.41) is 9.67. The Balaban J connectivity index is 0.00000385. The summed E-state index contributed by atoms with van der Waals surface area (Å²) in [6.07, 6.45) is 2.11. The lowest BCUT2D eigenvalue weighted by atomic mass is 10.0. The first kappa shape index (κ1) is 26.9. The topological polar surface area (TPSA) is 78.0 Å². The van der Waals surface area contributed by atoms with Crippen LogP contribution in [0, 0.1) is 0 Å². The van der Waals surface area contributed by atoms with Crippen molar-refractivity contribution in [3.63, 3.8) is 0 Å². The molecular formula is C25H36IN5O2. The molecule has 0 saturated carbocycles. The molecule has 7 nitrogen and oxygen atoms in total. The molecule has 1 aliphatic heterocycles. The molecule has 1 aliphatic rings. The zero-order valence-corrected chi connectivity index (χ0v) is 21.9. The predicted octanol–water partition coefficient (Wildman–Crippen LogP) is 3.15. The minimum atomic E-state index is -0.101. The first-order valence-electron chi connectivity index (χ1n) is 11.4. The van der Waals surface area contributed by atoms with Crippen molar-refractivity contribution in [2.75, 3.05) is 33.3 Å². The highest BCUT2D eigenvalue weighted by Gasteiger charge is 2.20. The van der Waals surface area contributed by atoms with Crippen LogP contribution in [0.1, 0.15) is 30.9 Å². The van der Waals surface area contributed by atoms with Gasteiger partial charge in [0.2, 0.25) is 5.91 Å². The molecular weight excluding hydrogens is 529 g/mol. The fourth-order valence-electron chi connectivity index (χ4n) is 3.74. The molecule has 8 heteroatoms. The van der Waals surface area contributed by atoms with E-state index in [1.54, 1.807) is 7.11 Å². The normalized spacial score (nSPS) is 14.8. The highest BCUT2D eigenvalue weighted by molar-refractivity contribution is 14.0. The fourth-order valence-corrected chi connectivity index (χ4v) is 3.74. The maximum Gasteiger partial charge on any atom is 0.242 e. The number of guanidine groups is 1. The monoisotopic (exact) mass is 565 g/mol. The van der Waals surface area contributed by atoms with Crippen molar-refractivity contribution >= 4 is 35.8 Å². The third-order valence-electron chi connectivity index (χ3n) is 5.55. The number of hydrogen-bond acceptors (Lipinski definition) is 4. The van der Waals surface area contributed by atoms with E-state index in [2.05, 4.69) is 56.2 Å². The number of rotatable bonds is 9. The third-order valence-corrected chi connectivity index (χ3v) is 5.55. The van der Waals surface area contributed by atoms with E-state index in [1.165, 1.54) is 5.56 Å². The van der Waals surface area contributed by atoms with Gasteiger partial charge in [0.1, 0.15) is 12.3 Å². The van der Waals surface area contributed by atoms with Crippen LogP contribution in [-0.4, -0.2) is 56.1 Å². The van der Waals surface area contributed by atoms with Crippen LogP contribution in [0.15, 0.2) is 59.6 Å².